The van der Waals surface area contributed by atoms with E-state index in [-0.39, 0.29) is 21.3 Å². The van der Waals surface area contributed by atoms with Crippen LogP contribution in [-0.4, -0.2) is 28.1 Å². The molecule has 11 heteroatoms. The molecule has 2 aromatic rings. The van der Waals surface area contributed by atoms with Crippen molar-refractivity contribution in [2.45, 2.75) is 35.1 Å². The lowest BCUT2D eigenvalue weighted by Crippen LogP contribution is -2.50. The van der Waals surface area contributed by atoms with Crippen molar-refractivity contribution in [2.75, 3.05) is 5.32 Å². The second-order valence-electron chi connectivity index (χ2n) is 7.92. The van der Waals surface area contributed by atoms with E-state index in [1.165, 1.54) is 30.3 Å². The van der Waals surface area contributed by atoms with Crippen molar-refractivity contribution < 1.29 is 22.8 Å². The summed E-state index contributed by atoms with van der Waals surface area (Å²) in [5.41, 5.74) is 0.783. The van der Waals surface area contributed by atoms with Crippen LogP contribution in [0.5, 0.6) is 0 Å². The Morgan fingerprint density at radius 3 is 2.31 bits per heavy atom. The topological polar surface area (TPSA) is 58.2 Å². The minimum atomic E-state index is -2.78. The summed E-state index contributed by atoms with van der Waals surface area (Å²) in [7, 11) is 0. The van der Waals surface area contributed by atoms with E-state index in [9.17, 15) is 22.8 Å². The molecule has 2 aromatic carbocycles. The number of hydrogen-bond donors (Lipinski definition) is 2. The van der Waals surface area contributed by atoms with E-state index in [2.05, 4.69) is 10.6 Å². The molecule has 2 aliphatic rings. The molecule has 170 valence electrons. The van der Waals surface area contributed by atoms with Gasteiger partial charge in [-0.2, -0.15) is 0 Å². The molecule has 4 rings (SSSR count). The van der Waals surface area contributed by atoms with Gasteiger partial charge < -0.3 is 10.6 Å². The Morgan fingerprint density at radius 2 is 1.69 bits per heavy atom. The maximum absolute atomic E-state index is 13.4. The third kappa shape index (κ3) is 4.53. The van der Waals surface area contributed by atoms with Gasteiger partial charge in [-0.25, -0.2) is 13.2 Å². The van der Waals surface area contributed by atoms with Crippen LogP contribution in [0.3, 0.4) is 0 Å². The molecule has 2 amide bonds. The molecule has 2 N–H and O–H groups in total. The Morgan fingerprint density at radius 1 is 1.00 bits per heavy atom. The van der Waals surface area contributed by atoms with Gasteiger partial charge in [0.1, 0.15) is 10.2 Å². The third-order valence-electron chi connectivity index (χ3n) is 5.54. The quantitative estimate of drug-likeness (QED) is 0.457. The molecule has 2 aliphatic carbocycles. The maximum atomic E-state index is 13.4. The lowest BCUT2D eigenvalue weighted by molar-refractivity contribution is -0.117. The molecular weight excluding hydrogens is 511 g/mol. The number of halogens is 7. The van der Waals surface area contributed by atoms with Crippen molar-refractivity contribution in [2.24, 2.45) is 5.92 Å². The van der Waals surface area contributed by atoms with Crippen LogP contribution in [0.1, 0.15) is 34.7 Å². The average molecular weight is 526 g/mol. The number of anilines is 1. The molecule has 2 saturated carbocycles. The Labute approximate surface area is 201 Å². The first kappa shape index (κ1) is 23.5. The molecule has 0 spiro atoms. The van der Waals surface area contributed by atoms with E-state index >= 15 is 0 Å². The van der Waals surface area contributed by atoms with Gasteiger partial charge in [-0.3, -0.25) is 9.59 Å². The summed E-state index contributed by atoms with van der Waals surface area (Å²) in [4.78, 5) is 25.2. The normalized spacial score (nSPS) is 23.2. The molecule has 0 aromatic heterocycles. The SMILES string of the molecule is O=C(NC1CC(F)(F)C1)c1cc(NC(=O)[C@@H]2[C@@H](c3ccc(F)c(Cl)c3)C2(Cl)Cl)ccc1Cl. The largest absolute Gasteiger partial charge is 0.349 e. The second kappa shape index (κ2) is 8.28. The van der Waals surface area contributed by atoms with Crippen LogP contribution < -0.4 is 10.6 Å². The Kier molecular flexibility index (Phi) is 6.07. The fraction of sp³-hybridized carbons (Fsp3) is 0.333. The standard InChI is InChI=1S/C21H15Cl4F3N2O2/c22-13-3-2-10(6-12(13)18(31)30-11-7-20(27,28)8-11)29-19(32)17-16(21(17,24)25)9-1-4-15(26)14(23)5-9/h1-6,11,16-17H,7-8H2,(H,29,32)(H,30,31)/t16-,17+/m1/s1. The zero-order valence-electron chi connectivity index (χ0n) is 16.1. The number of alkyl halides is 4. The smallest absolute Gasteiger partial charge is 0.253 e. The summed E-state index contributed by atoms with van der Waals surface area (Å²) in [6.07, 6.45) is -0.867. The van der Waals surface area contributed by atoms with E-state index in [4.69, 9.17) is 46.4 Å². The Bertz CT molecular complexity index is 1100. The van der Waals surface area contributed by atoms with Crippen molar-refractivity contribution in [1.82, 2.24) is 5.32 Å². The number of carbonyl (C=O) groups is 2. The van der Waals surface area contributed by atoms with Gasteiger partial charge in [0.15, 0.2) is 0 Å². The van der Waals surface area contributed by atoms with Crippen molar-refractivity contribution in [1.29, 1.82) is 0 Å². The molecule has 0 radical (unpaired) electrons. The van der Waals surface area contributed by atoms with Gasteiger partial charge in [0, 0.05) is 30.5 Å². The highest BCUT2D eigenvalue weighted by Gasteiger charge is 2.67. The molecule has 0 unspecified atom stereocenters. The van der Waals surface area contributed by atoms with Gasteiger partial charge in [-0.1, -0.05) is 29.3 Å². The minimum absolute atomic E-state index is 0.0281. The molecular formula is C21H15Cl4F3N2O2. The fourth-order valence-corrected chi connectivity index (χ4v) is 5.02. The summed E-state index contributed by atoms with van der Waals surface area (Å²) in [5, 5.41) is 5.11. The highest BCUT2D eigenvalue weighted by Crippen LogP contribution is 2.65. The molecule has 2 atom stereocenters. The number of benzene rings is 2. The van der Waals surface area contributed by atoms with Crippen molar-refractivity contribution in [3.05, 3.63) is 63.4 Å². The van der Waals surface area contributed by atoms with Crippen molar-refractivity contribution >= 4 is 63.9 Å². The first-order valence-electron chi connectivity index (χ1n) is 9.51. The zero-order valence-corrected chi connectivity index (χ0v) is 19.1. The van der Waals surface area contributed by atoms with Crippen LogP contribution in [0.25, 0.3) is 0 Å². The van der Waals surface area contributed by atoms with Gasteiger partial charge in [0.25, 0.3) is 11.8 Å². The minimum Gasteiger partial charge on any atom is -0.349 e. The van der Waals surface area contributed by atoms with E-state index in [0.717, 1.165) is 6.07 Å². The predicted octanol–water partition coefficient (Wildman–Crippen LogP) is 6.19. The zero-order chi connectivity index (χ0) is 23.4. The summed E-state index contributed by atoms with van der Waals surface area (Å²) in [6, 6.07) is 7.55. The Hall–Kier alpha value is -1.67. The van der Waals surface area contributed by atoms with Crippen LogP contribution in [-0.2, 0) is 4.79 Å². The second-order valence-corrected chi connectivity index (χ2v) is 10.2. The average Bonchev–Trinajstić information content (AvgIpc) is 3.26. The first-order valence-corrected chi connectivity index (χ1v) is 11.0. The van der Waals surface area contributed by atoms with Crippen LogP contribution in [0, 0.1) is 11.7 Å². The predicted molar refractivity (Wildman–Crippen MR) is 118 cm³/mol. The van der Waals surface area contributed by atoms with Crippen molar-refractivity contribution in [3.8, 4) is 0 Å². The molecule has 32 heavy (non-hydrogen) atoms. The third-order valence-corrected chi connectivity index (χ3v) is 7.10. The number of amides is 2. The first-order chi connectivity index (χ1) is 14.9. The number of carbonyl (C=O) groups excluding carboxylic acids is 2. The summed E-state index contributed by atoms with van der Waals surface area (Å²) >= 11 is 24.5. The van der Waals surface area contributed by atoms with E-state index in [1.54, 1.807) is 0 Å². The molecule has 0 heterocycles. The fourth-order valence-electron chi connectivity index (χ4n) is 3.80. The molecule has 4 nitrogen and oxygen atoms in total. The molecule has 0 aliphatic heterocycles. The summed E-state index contributed by atoms with van der Waals surface area (Å²) < 4.78 is 38.0. The molecule has 0 bridgehead atoms. The van der Waals surface area contributed by atoms with Crippen LogP contribution >= 0.6 is 46.4 Å². The maximum Gasteiger partial charge on any atom is 0.253 e. The highest BCUT2D eigenvalue weighted by molar-refractivity contribution is 6.53. The van der Waals surface area contributed by atoms with E-state index < -0.39 is 58.6 Å². The Balaban J connectivity index is 1.46. The highest BCUT2D eigenvalue weighted by atomic mass is 35.5. The van der Waals surface area contributed by atoms with Crippen LogP contribution in [0.2, 0.25) is 10.0 Å². The molecule has 0 saturated heterocycles. The van der Waals surface area contributed by atoms with Gasteiger partial charge in [0.2, 0.25) is 5.91 Å². The number of hydrogen-bond acceptors (Lipinski definition) is 2. The lowest BCUT2D eigenvalue weighted by Gasteiger charge is -2.35. The van der Waals surface area contributed by atoms with E-state index in [0.29, 0.717) is 5.56 Å². The van der Waals surface area contributed by atoms with Gasteiger partial charge >= 0.3 is 0 Å². The van der Waals surface area contributed by atoms with Gasteiger partial charge in [-0.15, -0.1) is 23.2 Å². The lowest BCUT2D eigenvalue weighted by atomic mass is 9.88. The molecule has 2 fully saturated rings. The number of rotatable bonds is 5. The van der Waals surface area contributed by atoms with Crippen LogP contribution in [0.15, 0.2) is 36.4 Å². The van der Waals surface area contributed by atoms with Gasteiger partial charge in [-0.05, 0) is 35.9 Å². The monoisotopic (exact) mass is 524 g/mol. The summed E-state index contributed by atoms with van der Waals surface area (Å²) in [6.45, 7) is 0. The summed E-state index contributed by atoms with van der Waals surface area (Å²) in [5.74, 6) is -5.99. The number of nitrogens with one attached hydrogen (secondary N) is 2. The van der Waals surface area contributed by atoms with Crippen LogP contribution in [0.4, 0.5) is 18.9 Å². The van der Waals surface area contributed by atoms with Crippen molar-refractivity contribution in [3.63, 3.8) is 0 Å². The van der Waals surface area contributed by atoms with E-state index in [1.807, 2.05) is 0 Å². The van der Waals surface area contributed by atoms with Gasteiger partial charge in [0.05, 0.1) is 21.5 Å².